The highest BCUT2D eigenvalue weighted by atomic mass is 16.5. The van der Waals surface area contributed by atoms with E-state index in [4.69, 9.17) is 4.74 Å². The first kappa shape index (κ1) is 29.9. The quantitative estimate of drug-likeness (QED) is 0.243. The largest absolute Gasteiger partial charge is 0.497 e. The van der Waals surface area contributed by atoms with E-state index in [1.54, 1.807) is 19.5 Å². The van der Waals surface area contributed by atoms with Crippen molar-refractivity contribution in [1.82, 2.24) is 19.8 Å². The Labute approximate surface area is 259 Å². The maximum atomic E-state index is 14.7. The number of fused-ring (bicyclic) bond motifs is 1. The lowest BCUT2D eigenvalue weighted by molar-refractivity contribution is -0.150. The number of carbonyl (C=O) groups excluding carboxylic acids is 2. The number of H-pyrrole nitrogens is 1. The van der Waals surface area contributed by atoms with Gasteiger partial charge in [0.05, 0.1) is 7.11 Å². The fourth-order valence-corrected chi connectivity index (χ4v) is 7.38. The average Bonchev–Trinajstić information content (AvgIpc) is 3.37. The van der Waals surface area contributed by atoms with E-state index in [-0.39, 0.29) is 29.1 Å². The summed E-state index contributed by atoms with van der Waals surface area (Å²) in [6, 6.07) is 19.6. The highest BCUT2D eigenvalue weighted by molar-refractivity contribution is 6.01. The lowest BCUT2D eigenvalue weighted by Crippen LogP contribution is -2.62. The van der Waals surface area contributed by atoms with Crippen LogP contribution in [-0.2, 0) is 16.1 Å². The zero-order chi connectivity index (χ0) is 31.1. The van der Waals surface area contributed by atoms with Crippen LogP contribution in [0.1, 0.15) is 55.8 Å². The third-order valence-electron chi connectivity index (χ3n) is 10.2. The van der Waals surface area contributed by atoms with Crippen molar-refractivity contribution < 1.29 is 14.3 Å². The number of benzene rings is 2. The summed E-state index contributed by atoms with van der Waals surface area (Å²) in [6.45, 7) is 8.44. The van der Waals surface area contributed by atoms with E-state index >= 15 is 0 Å². The van der Waals surface area contributed by atoms with Gasteiger partial charge < -0.3 is 24.8 Å². The van der Waals surface area contributed by atoms with E-state index in [0.29, 0.717) is 31.5 Å². The monoisotopic (exact) mass is 593 g/mol. The van der Waals surface area contributed by atoms with Gasteiger partial charge in [-0.25, -0.2) is 0 Å². The minimum Gasteiger partial charge on any atom is -0.497 e. The number of nitrogens with zero attached hydrogens (tertiary/aromatic N) is 3. The van der Waals surface area contributed by atoms with Crippen LogP contribution < -0.4 is 10.1 Å². The summed E-state index contributed by atoms with van der Waals surface area (Å²) in [4.78, 5) is 41.0. The molecule has 8 heteroatoms. The van der Waals surface area contributed by atoms with Crippen LogP contribution in [-0.4, -0.2) is 64.4 Å². The maximum Gasteiger partial charge on any atom is 0.250 e. The number of amides is 2. The molecule has 1 saturated heterocycles. The molecule has 3 heterocycles. The van der Waals surface area contributed by atoms with E-state index in [0.717, 1.165) is 35.6 Å². The molecule has 1 aliphatic heterocycles. The number of hydrogen-bond donors (Lipinski definition) is 2. The molecule has 1 saturated carbocycles. The smallest absolute Gasteiger partial charge is 0.250 e. The number of methoxy groups -OCH3 is 1. The summed E-state index contributed by atoms with van der Waals surface area (Å²) >= 11 is 0. The third-order valence-corrected chi connectivity index (χ3v) is 10.2. The van der Waals surface area contributed by atoms with Crippen molar-refractivity contribution in [2.45, 2.75) is 58.0 Å². The Hall–Kier alpha value is -4.17. The molecule has 2 aromatic heterocycles. The van der Waals surface area contributed by atoms with Crippen molar-refractivity contribution in [2.75, 3.05) is 32.6 Å². The number of piperidine rings is 1. The van der Waals surface area contributed by atoms with Gasteiger partial charge in [-0.1, -0.05) is 38.1 Å². The molecule has 0 radical (unpaired) electrons. The minimum atomic E-state index is -0.995. The van der Waals surface area contributed by atoms with E-state index in [9.17, 15) is 9.59 Å². The molecule has 230 valence electrons. The second-order valence-electron chi connectivity index (χ2n) is 13.2. The fourth-order valence-electron chi connectivity index (χ4n) is 7.38. The van der Waals surface area contributed by atoms with Crippen molar-refractivity contribution in [2.24, 2.45) is 11.3 Å². The predicted octanol–water partition coefficient (Wildman–Crippen LogP) is 6.14. The van der Waals surface area contributed by atoms with Gasteiger partial charge in [-0.3, -0.25) is 14.6 Å². The van der Waals surface area contributed by atoms with Crippen LogP contribution in [0.5, 0.6) is 5.75 Å². The van der Waals surface area contributed by atoms with E-state index in [1.807, 2.05) is 41.3 Å². The summed E-state index contributed by atoms with van der Waals surface area (Å²) in [5.74, 6) is 1.01. The lowest BCUT2D eigenvalue weighted by Gasteiger charge is -2.47. The standard InChI is InChI=1S/C36H43N5O3/c1-24-32(28-10-6-7-11-30(28)38-24)33-29(35(33,2)3)21-31(42)41(23-25-9-8-18-37-22-25)36(16-19-40(4)20-17-36)34(43)39-26-12-14-27(44-5)15-13-26/h6-15,18,22,29,33,38H,16-17,19-21,23H2,1-5H3,(H,39,43)/t29-,33-/m0/s1. The van der Waals surface area contributed by atoms with Crippen molar-refractivity contribution >= 4 is 28.4 Å². The summed E-state index contributed by atoms with van der Waals surface area (Å²) in [5, 5.41) is 4.39. The molecule has 6 rings (SSSR count). The summed E-state index contributed by atoms with van der Waals surface area (Å²) < 4.78 is 5.31. The van der Waals surface area contributed by atoms with Crippen molar-refractivity contribution in [3.8, 4) is 5.75 Å². The Morgan fingerprint density at radius 1 is 1.07 bits per heavy atom. The number of hydrogen-bond acceptors (Lipinski definition) is 5. The average molecular weight is 594 g/mol. The molecular formula is C36H43N5O3. The molecule has 2 fully saturated rings. The number of para-hydroxylation sites is 1. The van der Waals surface area contributed by atoms with Crippen LogP contribution in [0.2, 0.25) is 0 Å². The molecule has 2 N–H and O–H groups in total. The summed E-state index contributed by atoms with van der Waals surface area (Å²) in [6.07, 6.45) is 5.01. The first-order valence-electron chi connectivity index (χ1n) is 15.5. The van der Waals surface area contributed by atoms with Crippen LogP contribution in [0.25, 0.3) is 10.9 Å². The van der Waals surface area contributed by atoms with E-state index < -0.39 is 5.54 Å². The zero-order valence-electron chi connectivity index (χ0n) is 26.4. The van der Waals surface area contributed by atoms with Gasteiger partial charge in [0.25, 0.3) is 0 Å². The molecule has 0 unspecified atom stereocenters. The molecule has 0 bridgehead atoms. The lowest BCUT2D eigenvalue weighted by atomic mass is 9.83. The SMILES string of the molecule is COc1ccc(NC(=O)C2(N(Cc3cccnc3)C(=O)C[C@H]3[C@@H](c4c(C)[nH]c5ccccc45)C3(C)C)CCN(C)CC2)cc1. The molecule has 8 nitrogen and oxygen atoms in total. The van der Waals surface area contributed by atoms with Crippen LogP contribution in [0.15, 0.2) is 73.1 Å². The van der Waals surface area contributed by atoms with Crippen LogP contribution in [0, 0.1) is 18.3 Å². The second-order valence-corrected chi connectivity index (χ2v) is 13.2. The number of aromatic nitrogens is 2. The Kier molecular flexibility index (Phi) is 7.97. The van der Waals surface area contributed by atoms with Gasteiger partial charge >= 0.3 is 0 Å². The molecule has 2 aromatic carbocycles. The van der Waals surface area contributed by atoms with Gasteiger partial charge in [-0.2, -0.15) is 0 Å². The molecular weight excluding hydrogens is 550 g/mol. The molecule has 2 aliphatic rings. The van der Waals surface area contributed by atoms with Gasteiger partial charge in [0.1, 0.15) is 11.3 Å². The predicted molar refractivity (Wildman–Crippen MR) is 174 cm³/mol. The van der Waals surface area contributed by atoms with Crippen LogP contribution >= 0.6 is 0 Å². The number of rotatable bonds is 9. The number of pyridine rings is 1. The molecule has 4 aromatic rings. The van der Waals surface area contributed by atoms with Crippen molar-refractivity contribution in [3.05, 3.63) is 89.9 Å². The normalized spacial score (nSPS) is 20.7. The minimum absolute atomic E-state index is 0.0151. The Morgan fingerprint density at radius 2 is 1.80 bits per heavy atom. The molecule has 1 aliphatic carbocycles. The Bertz CT molecular complexity index is 1640. The molecule has 0 spiro atoms. The first-order chi connectivity index (χ1) is 21.1. The van der Waals surface area contributed by atoms with Gasteiger partial charge in [-0.05, 0) is 91.6 Å². The number of nitrogens with one attached hydrogen (secondary N) is 2. The number of likely N-dealkylation sites (tertiary alicyclic amines) is 1. The van der Waals surface area contributed by atoms with Crippen LogP contribution in [0.4, 0.5) is 5.69 Å². The van der Waals surface area contributed by atoms with Crippen molar-refractivity contribution in [1.29, 1.82) is 0 Å². The second kappa shape index (κ2) is 11.7. The Morgan fingerprint density at radius 3 is 2.48 bits per heavy atom. The number of aromatic amines is 1. The van der Waals surface area contributed by atoms with Crippen molar-refractivity contribution in [3.63, 3.8) is 0 Å². The van der Waals surface area contributed by atoms with E-state index in [2.05, 4.69) is 72.3 Å². The third kappa shape index (κ3) is 5.47. The van der Waals surface area contributed by atoms with Gasteiger partial charge in [-0.15, -0.1) is 0 Å². The maximum absolute atomic E-state index is 14.7. The first-order valence-corrected chi connectivity index (χ1v) is 15.5. The van der Waals surface area contributed by atoms with Gasteiger partial charge in [0.15, 0.2) is 0 Å². The number of anilines is 1. The number of carbonyl (C=O) groups is 2. The van der Waals surface area contributed by atoms with E-state index in [1.165, 1.54) is 10.9 Å². The molecule has 2 amide bonds. The highest BCUT2D eigenvalue weighted by Crippen LogP contribution is 2.67. The van der Waals surface area contributed by atoms with Crippen LogP contribution in [0.3, 0.4) is 0 Å². The topological polar surface area (TPSA) is 90.6 Å². The summed E-state index contributed by atoms with van der Waals surface area (Å²) in [5.41, 5.74) is 4.16. The molecule has 44 heavy (non-hydrogen) atoms. The molecule has 2 atom stereocenters. The zero-order valence-corrected chi connectivity index (χ0v) is 26.4. The Balaban J connectivity index is 1.33. The van der Waals surface area contributed by atoms with Gasteiger partial charge in [0, 0.05) is 60.7 Å². The number of aryl methyl sites for hydroxylation is 1. The summed E-state index contributed by atoms with van der Waals surface area (Å²) in [7, 11) is 3.69. The number of ether oxygens (including phenoxy) is 1. The highest BCUT2D eigenvalue weighted by Gasteiger charge is 2.60. The van der Waals surface area contributed by atoms with Gasteiger partial charge in [0.2, 0.25) is 11.8 Å². The fraction of sp³-hybridized carbons (Fsp3) is 0.417.